The number of carbonyl (C=O) groups is 1. The Bertz CT molecular complexity index is 877. The number of aromatic nitrogens is 2. The number of benzene rings is 1. The van der Waals surface area contributed by atoms with Crippen molar-refractivity contribution in [3.8, 4) is 0 Å². The normalized spacial score (nSPS) is 23.7. The van der Waals surface area contributed by atoms with E-state index in [0.717, 1.165) is 51.0 Å². The smallest absolute Gasteiger partial charge is 0.272 e. The number of anilines is 1. The summed E-state index contributed by atoms with van der Waals surface area (Å²) in [5.41, 5.74) is 1.19. The average Bonchev–Trinajstić information content (AvgIpc) is 3.32. The van der Waals surface area contributed by atoms with Crippen molar-refractivity contribution in [2.75, 3.05) is 18.0 Å². The molecule has 0 bridgehead atoms. The zero-order valence-electron chi connectivity index (χ0n) is 17.0. The molecule has 1 spiro atoms. The van der Waals surface area contributed by atoms with Crippen molar-refractivity contribution in [2.45, 2.75) is 64.1 Å². The van der Waals surface area contributed by atoms with Crippen LogP contribution >= 0.6 is 0 Å². The minimum atomic E-state index is -0.225. The van der Waals surface area contributed by atoms with Gasteiger partial charge in [-0.15, -0.1) is 0 Å². The fourth-order valence-corrected chi connectivity index (χ4v) is 5.20. The summed E-state index contributed by atoms with van der Waals surface area (Å²) in [7, 11) is 0. The summed E-state index contributed by atoms with van der Waals surface area (Å²) in [6.07, 6.45) is 5.51. The standard InChI is InChI=1S/C22H29FN4O/c1-4-12-27-19(9-11-24-27)20(28)25-13-6-10-22(25)15-21(2,3)26(16-22)18-8-5-7-17(23)14-18/h5,7-9,11,14H,4,6,10,12-13,15-16H2,1-3H3. The van der Waals surface area contributed by atoms with Gasteiger partial charge in [0.1, 0.15) is 11.5 Å². The van der Waals surface area contributed by atoms with E-state index in [0.29, 0.717) is 5.69 Å². The predicted molar refractivity (Wildman–Crippen MR) is 108 cm³/mol. The highest BCUT2D eigenvalue weighted by Gasteiger charge is 2.55. The number of rotatable bonds is 4. The van der Waals surface area contributed by atoms with E-state index in [1.807, 2.05) is 16.8 Å². The molecule has 150 valence electrons. The summed E-state index contributed by atoms with van der Waals surface area (Å²) >= 11 is 0. The molecule has 28 heavy (non-hydrogen) atoms. The van der Waals surface area contributed by atoms with Crippen molar-refractivity contribution in [1.82, 2.24) is 14.7 Å². The lowest BCUT2D eigenvalue weighted by molar-refractivity contribution is 0.0604. The number of amides is 1. The molecule has 4 rings (SSSR count). The van der Waals surface area contributed by atoms with E-state index < -0.39 is 0 Å². The second-order valence-electron chi connectivity index (χ2n) is 8.78. The Morgan fingerprint density at radius 2 is 2.11 bits per heavy atom. The zero-order chi connectivity index (χ0) is 19.9. The summed E-state index contributed by atoms with van der Waals surface area (Å²) in [5, 5.41) is 4.33. The number of hydrogen-bond acceptors (Lipinski definition) is 3. The summed E-state index contributed by atoms with van der Waals surface area (Å²) in [6, 6.07) is 8.61. The highest BCUT2D eigenvalue weighted by atomic mass is 19.1. The van der Waals surface area contributed by atoms with E-state index in [-0.39, 0.29) is 22.8 Å². The third-order valence-electron chi connectivity index (χ3n) is 6.28. The van der Waals surface area contributed by atoms with Crippen molar-refractivity contribution in [2.24, 2.45) is 0 Å². The number of hydrogen-bond donors (Lipinski definition) is 0. The molecule has 1 aromatic heterocycles. The van der Waals surface area contributed by atoms with Crippen LogP contribution in [0.4, 0.5) is 10.1 Å². The van der Waals surface area contributed by atoms with Crippen molar-refractivity contribution < 1.29 is 9.18 Å². The quantitative estimate of drug-likeness (QED) is 0.797. The van der Waals surface area contributed by atoms with Crippen LogP contribution in [0, 0.1) is 5.82 Å². The van der Waals surface area contributed by atoms with Crippen molar-refractivity contribution in [1.29, 1.82) is 0 Å². The maximum atomic E-state index is 13.8. The van der Waals surface area contributed by atoms with Crippen molar-refractivity contribution >= 4 is 11.6 Å². The molecule has 2 aromatic rings. The highest BCUT2D eigenvalue weighted by Crippen LogP contribution is 2.47. The molecule has 0 aliphatic carbocycles. The molecular weight excluding hydrogens is 355 g/mol. The fourth-order valence-electron chi connectivity index (χ4n) is 5.20. The molecule has 1 aromatic carbocycles. The second kappa shape index (κ2) is 6.90. The van der Waals surface area contributed by atoms with Crippen LogP contribution in [0.3, 0.4) is 0 Å². The average molecular weight is 384 g/mol. The van der Waals surface area contributed by atoms with Crippen LogP contribution in [0.1, 0.15) is 56.9 Å². The molecule has 2 aliphatic rings. The van der Waals surface area contributed by atoms with Gasteiger partial charge in [-0.1, -0.05) is 13.0 Å². The molecule has 2 saturated heterocycles. The van der Waals surface area contributed by atoms with Gasteiger partial charge in [0.2, 0.25) is 0 Å². The molecule has 1 atom stereocenters. The van der Waals surface area contributed by atoms with E-state index in [9.17, 15) is 9.18 Å². The van der Waals surface area contributed by atoms with E-state index in [4.69, 9.17) is 0 Å². The summed E-state index contributed by atoms with van der Waals surface area (Å²) in [6.45, 7) is 8.71. The van der Waals surface area contributed by atoms with Crippen LogP contribution < -0.4 is 4.90 Å². The number of aryl methyl sites for hydroxylation is 1. The summed E-state index contributed by atoms with van der Waals surface area (Å²) < 4.78 is 15.7. The molecule has 2 fully saturated rings. The molecule has 0 saturated carbocycles. The third kappa shape index (κ3) is 3.09. The Morgan fingerprint density at radius 3 is 2.86 bits per heavy atom. The van der Waals surface area contributed by atoms with Crippen molar-refractivity contribution in [3.63, 3.8) is 0 Å². The molecule has 0 radical (unpaired) electrons. The fraction of sp³-hybridized carbons (Fsp3) is 0.545. The molecule has 0 N–H and O–H groups in total. The van der Waals surface area contributed by atoms with Gasteiger partial charge in [0, 0.05) is 37.1 Å². The van der Waals surface area contributed by atoms with Gasteiger partial charge < -0.3 is 9.80 Å². The summed E-state index contributed by atoms with van der Waals surface area (Å²) in [5.74, 6) is -0.155. The van der Waals surface area contributed by atoms with Gasteiger partial charge in [-0.3, -0.25) is 9.48 Å². The topological polar surface area (TPSA) is 41.4 Å². The van der Waals surface area contributed by atoms with Crippen LogP contribution in [0.25, 0.3) is 0 Å². The Hall–Kier alpha value is -2.37. The van der Waals surface area contributed by atoms with E-state index in [1.54, 1.807) is 18.3 Å². The maximum absolute atomic E-state index is 13.8. The van der Waals surface area contributed by atoms with Gasteiger partial charge in [-0.25, -0.2) is 4.39 Å². The predicted octanol–water partition coefficient (Wildman–Crippen LogP) is 4.10. The number of halogens is 1. The van der Waals surface area contributed by atoms with Crippen LogP contribution in [0.15, 0.2) is 36.5 Å². The molecule has 1 unspecified atom stereocenters. The Kier molecular flexibility index (Phi) is 4.68. The van der Waals surface area contributed by atoms with E-state index in [2.05, 4.69) is 35.7 Å². The Labute approximate surface area is 166 Å². The van der Waals surface area contributed by atoms with Gasteiger partial charge in [0.05, 0.1) is 5.54 Å². The highest BCUT2D eigenvalue weighted by molar-refractivity contribution is 5.93. The van der Waals surface area contributed by atoms with Crippen molar-refractivity contribution in [3.05, 3.63) is 48.0 Å². The first-order chi connectivity index (χ1) is 13.4. The minimum absolute atomic E-state index is 0.0698. The number of likely N-dealkylation sites (tertiary alicyclic amines) is 1. The summed E-state index contributed by atoms with van der Waals surface area (Å²) in [4.78, 5) is 17.8. The molecular formula is C22H29FN4O. The third-order valence-corrected chi connectivity index (χ3v) is 6.28. The molecule has 5 nitrogen and oxygen atoms in total. The van der Waals surface area contributed by atoms with E-state index >= 15 is 0 Å². The first kappa shape index (κ1) is 19.0. The van der Waals surface area contributed by atoms with Crippen LogP contribution in [-0.4, -0.2) is 44.8 Å². The monoisotopic (exact) mass is 384 g/mol. The molecule has 1 amide bonds. The Balaban J connectivity index is 1.65. The zero-order valence-corrected chi connectivity index (χ0v) is 17.0. The SMILES string of the molecule is CCCn1nccc1C(=O)N1CCCC12CN(c1cccc(F)c1)C(C)(C)C2. The van der Waals surface area contributed by atoms with Crippen LogP contribution in [0.5, 0.6) is 0 Å². The molecule has 3 heterocycles. The van der Waals surface area contributed by atoms with Crippen LogP contribution in [-0.2, 0) is 6.54 Å². The van der Waals surface area contributed by atoms with E-state index in [1.165, 1.54) is 6.07 Å². The van der Waals surface area contributed by atoms with Gasteiger partial charge >= 0.3 is 0 Å². The first-order valence-electron chi connectivity index (χ1n) is 10.2. The lowest BCUT2D eigenvalue weighted by Gasteiger charge is -2.35. The first-order valence-corrected chi connectivity index (χ1v) is 10.2. The number of nitrogens with zero attached hydrogens (tertiary/aromatic N) is 4. The second-order valence-corrected chi connectivity index (χ2v) is 8.78. The van der Waals surface area contributed by atoms with Crippen LogP contribution in [0.2, 0.25) is 0 Å². The maximum Gasteiger partial charge on any atom is 0.272 e. The Morgan fingerprint density at radius 1 is 1.29 bits per heavy atom. The van der Waals surface area contributed by atoms with Gasteiger partial charge in [-0.05, 0) is 63.8 Å². The molecule has 6 heteroatoms. The van der Waals surface area contributed by atoms with Gasteiger partial charge in [-0.2, -0.15) is 5.10 Å². The largest absolute Gasteiger partial charge is 0.364 e. The lowest BCUT2D eigenvalue weighted by Crippen LogP contribution is -2.49. The minimum Gasteiger partial charge on any atom is -0.364 e. The van der Waals surface area contributed by atoms with Gasteiger partial charge in [0.15, 0.2) is 0 Å². The molecule has 2 aliphatic heterocycles. The lowest BCUT2D eigenvalue weighted by atomic mass is 9.87. The number of carbonyl (C=O) groups excluding carboxylic acids is 1. The van der Waals surface area contributed by atoms with Gasteiger partial charge in [0.25, 0.3) is 5.91 Å².